The van der Waals surface area contributed by atoms with Gasteiger partial charge in [0.2, 0.25) is 0 Å². The summed E-state index contributed by atoms with van der Waals surface area (Å²) < 4.78 is 81.5. The Morgan fingerprint density at radius 3 is 2.38 bits per heavy atom. The molecule has 0 bridgehead atoms. The van der Waals surface area contributed by atoms with Crippen LogP contribution in [-0.2, 0) is 19.3 Å². The standard InChI is InChI=1S/C21H18ClF6N3O/c1-2-31-16-9-15(22)13(10-29)6-12(16)8-17(31)19(32)30-18(21(26,27)28)11-4-3-5-14(7-11)20(23,24)25/h3-9,18H,2,10,29H2,1H3,(H,30,32). The first-order chi connectivity index (χ1) is 14.9. The van der Waals surface area contributed by atoms with E-state index in [1.165, 1.54) is 10.6 Å². The molecule has 172 valence electrons. The number of carbonyl (C=O) groups is 1. The SMILES string of the molecule is CCn1c(C(=O)NC(c2cccc(C(F)(F)F)c2)C(F)(F)F)cc2cc(CN)c(Cl)cc21. The van der Waals surface area contributed by atoms with Crippen LogP contribution in [0.4, 0.5) is 26.3 Å². The minimum Gasteiger partial charge on any atom is -0.337 e. The molecule has 1 unspecified atom stereocenters. The Morgan fingerprint density at radius 2 is 1.81 bits per heavy atom. The molecule has 1 aromatic heterocycles. The number of aromatic nitrogens is 1. The summed E-state index contributed by atoms with van der Waals surface area (Å²) in [7, 11) is 0. The number of benzene rings is 2. The van der Waals surface area contributed by atoms with Crippen molar-refractivity contribution < 1.29 is 31.1 Å². The highest BCUT2D eigenvalue weighted by Crippen LogP contribution is 2.37. The quantitative estimate of drug-likeness (QED) is 0.454. The van der Waals surface area contributed by atoms with E-state index in [1.54, 1.807) is 19.1 Å². The van der Waals surface area contributed by atoms with E-state index in [2.05, 4.69) is 0 Å². The smallest absolute Gasteiger partial charge is 0.337 e. The highest BCUT2D eigenvalue weighted by molar-refractivity contribution is 6.32. The lowest BCUT2D eigenvalue weighted by Gasteiger charge is -2.23. The summed E-state index contributed by atoms with van der Waals surface area (Å²) in [6.45, 7) is 2.05. The maximum Gasteiger partial charge on any atom is 0.416 e. The van der Waals surface area contributed by atoms with Crippen molar-refractivity contribution in [3.8, 4) is 0 Å². The van der Waals surface area contributed by atoms with E-state index in [0.717, 1.165) is 12.1 Å². The van der Waals surface area contributed by atoms with Gasteiger partial charge in [0.05, 0.1) is 11.1 Å². The van der Waals surface area contributed by atoms with Gasteiger partial charge in [0, 0.05) is 23.5 Å². The molecule has 0 aliphatic rings. The molecule has 0 spiro atoms. The molecule has 1 amide bonds. The molecule has 0 radical (unpaired) electrons. The molecular weight excluding hydrogens is 460 g/mol. The summed E-state index contributed by atoms with van der Waals surface area (Å²) >= 11 is 6.16. The van der Waals surface area contributed by atoms with Gasteiger partial charge in [-0.25, -0.2) is 0 Å². The topological polar surface area (TPSA) is 60.0 Å². The molecular formula is C21H18ClF6N3O. The monoisotopic (exact) mass is 477 g/mol. The molecule has 1 atom stereocenters. The van der Waals surface area contributed by atoms with E-state index >= 15 is 0 Å². The molecule has 1 heterocycles. The van der Waals surface area contributed by atoms with E-state index in [0.29, 0.717) is 33.6 Å². The Balaban J connectivity index is 2.04. The number of carbonyl (C=O) groups excluding carboxylic acids is 1. The Bertz CT molecular complexity index is 1150. The number of fused-ring (bicyclic) bond motifs is 1. The zero-order valence-electron chi connectivity index (χ0n) is 16.6. The van der Waals surface area contributed by atoms with Gasteiger partial charge in [0.15, 0.2) is 6.04 Å². The van der Waals surface area contributed by atoms with Crippen molar-refractivity contribution in [2.75, 3.05) is 0 Å². The van der Waals surface area contributed by atoms with Crippen molar-refractivity contribution in [2.24, 2.45) is 5.73 Å². The Kier molecular flexibility index (Phi) is 6.48. The second-order valence-corrected chi connectivity index (χ2v) is 7.46. The number of halogens is 7. The first kappa shape index (κ1) is 23.9. The summed E-state index contributed by atoms with van der Waals surface area (Å²) in [5.41, 5.74) is 4.67. The highest BCUT2D eigenvalue weighted by Gasteiger charge is 2.43. The van der Waals surface area contributed by atoms with Gasteiger partial charge in [0.25, 0.3) is 5.91 Å². The average molecular weight is 478 g/mol. The number of alkyl halides is 6. The van der Waals surface area contributed by atoms with E-state index in [1.807, 2.05) is 5.32 Å². The van der Waals surface area contributed by atoms with Crippen molar-refractivity contribution >= 4 is 28.4 Å². The van der Waals surface area contributed by atoms with Gasteiger partial charge in [-0.1, -0.05) is 23.7 Å². The van der Waals surface area contributed by atoms with Crippen LogP contribution in [0.1, 0.15) is 40.1 Å². The van der Waals surface area contributed by atoms with Gasteiger partial charge in [-0.2, -0.15) is 26.3 Å². The summed E-state index contributed by atoms with van der Waals surface area (Å²) in [6.07, 6.45) is -9.86. The fraction of sp³-hybridized carbons (Fsp3) is 0.286. The lowest BCUT2D eigenvalue weighted by atomic mass is 10.0. The Labute approximate surface area is 183 Å². The van der Waals surface area contributed by atoms with Gasteiger partial charge in [-0.15, -0.1) is 0 Å². The van der Waals surface area contributed by atoms with Gasteiger partial charge in [-0.05, 0) is 48.4 Å². The molecule has 0 aliphatic heterocycles. The third-order valence-electron chi connectivity index (χ3n) is 4.99. The number of amides is 1. The van der Waals surface area contributed by atoms with Crippen LogP contribution in [0.15, 0.2) is 42.5 Å². The van der Waals surface area contributed by atoms with Crippen LogP contribution in [0.5, 0.6) is 0 Å². The molecule has 32 heavy (non-hydrogen) atoms. The van der Waals surface area contributed by atoms with Crippen LogP contribution in [0.2, 0.25) is 5.02 Å². The molecule has 0 aliphatic carbocycles. The lowest BCUT2D eigenvalue weighted by molar-refractivity contribution is -0.156. The molecule has 3 N–H and O–H groups in total. The number of nitrogens with two attached hydrogens (primary N) is 1. The fourth-order valence-corrected chi connectivity index (χ4v) is 3.71. The maximum atomic E-state index is 13.7. The van der Waals surface area contributed by atoms with Crippen LogP contribution >= 0.6 is 11.6 Å². The van der Waals surface area contributed by atoms with Crippen LogP contribution < -0.4 is 11.1 Å². The number of hydrogen-bond donors (Lipinski definition) is 2. The first-order valence-corrected chi connectivity index (χ1v) is 9.81. The van der Waals surface area contributed by atoms with Crippen LogP contribution in [0, 0.1) is 0 Å². The fourth-order valence-electron chi connectivity index (χ4n) is 3.47. The molecule has 0 saturated carbocycles. The van der Waals surface area contributed by atoms with Crippen molar-refractivity contribution in [3.63, 3.8) is 0 Å². The Hall–Kier alpha value is -2.72. The molecule has 4 nitrogen and oxygen atoms in total. The van der Waals surface area contributed by atoms with Crippen molar-refractivity contribution in [1.29, 1.82) is 0 Å². The minimum atomic E-state index is -5.03. The number of hydrogen-bond acceptors (Lipinski definition) is 2. The third-order valence-corrected chi connectivity index (χ3v) is 5.34. The number of nitrogens with one attached hydrogen (secondary N) is 1. The van der Waals surface area contributed by atoms with Crippen molar-refractivity contribution in [3.05, 3.63) is 69.9 Å². The summed E-state index contributed by atoms with van der Waals surface area (Å²) in [5, 5.41) is 2.73. The van der Waals surface area contributed by atoms with Crippen molar-refractivity contribution in [2.45, 2.75) is 38.4 Å². The van der Waals surface area contributed by atoms with Crippen LogP contribution in [0.25, 0.3) is 10.9 Å². The number of rotatable bonds is 5. The lowest BCUT2D eigenvalue weighted by Crippen LogP contribution is -2.39. The molecule has 0 saturated heterocycles. The van der Waals surface area contributed by atoms with Gasteiger partial charge >= 0.3 is 12.4 Å². The second-order valence-electron chi connectivity index (χ2n) is 7.05. The normalized spacial score (nSPS) is 13.4. The molecule has 2 aromatic carbocycles. The van der Waals surface area contributed by atoms with E-state index < -0.39 is 35.4 Å². The molecule has 11 heteroatoms. The first-order valence-electron chi connectivity index (χ1n) is 9.43. The third kappa shape index (κ3) is 4.71. The summed E-state index contributed by atoms with van der Waals surface area (Å²) in [5.74, 6) is -1.09. The number of aryl methyl sites for hydroxylation is 1. The van der Waals surface area contributed by atoms with E-state index in [-0.39, 0.29) is 18.8 Å². The van der Waals surface area contributed by atoms with Gasteiger partial charge in [-0.3, -0.25) is 4.79 Å². The largest absolute Gasteiger partial charge is 0.416 e. The Morgan fingerprint density at radius 1 is 1.12 bits per heavy atom. The second kappa shape index (κ2) is 8.67. The summed E-state index contributed by atoms with van der Waals surface area (Å²) in [6, 6.07) is 4.74. The molecule has 3 aromatic rings. The van der Waals surface area contributed by atoms with Crippen LogP contribution in [0.3, 0.4) is 0 Å². The van der Waals surface area contributed by atoms with Crippen molar-refractivity contribution in [1.82, 2.24) is 9.88 Å². The minimum absolute atomic E-state index is 0.0889. The van der Waals surface area contributed by atoms with Gasteiger partial charge < -0.3 is 15.6 Å². The van der Waals surface area contributed by atoms with E-state index in [4.69, 9.17) is 17.3 Å². The number of nitrogens with zero attached hydrogens (tertiary/aromatic N) is 1. The zero-order valence-corrected chi connectivity index (χ0v) is 17.4. The predicted molar refractivity (Wildman–Crippen MR) is 108 cm³/mol. The molecule has 0 fully saturated rings. The highest BCUT2D eigenvalue weighted by atomic mass is 35.5. The molecule has 3 rings (SSSR count). The maximum absolute atomic E-state index is 13.7. The van der Waals surface area contributed by atoms with Crippen LogP contribution in [-0.4, -0.2) is 16.7 Å². The van der Waals surface area contributed by atoms with Gasteiger partial charge in [0.1, 0.15) is 5.69 Å². The zero-order chi connectivity index (χ0) is 23.8. The van der Waals surface area contributed by atoms with E-state index in [9.17, 15) is 31.1 Å². The predicted octanol–water partition coefficient (Wildman–Crippen LogP) is 5.83. The average Bonchev–Trinajstić information content (AvgIpc) is 3.07. The summed E-state index contributed by atoms with van der Waals surface area (Å²) in [4.78, 5) is 12.8.